The van der Waals surface area contributed by atoms with Crippen LogP contribution >= 0.6 is 0 Å². The predicted octanol–water partition coefficient (Wildman–Crippen LogP) is 6.85. The van der Waals surface area contributed by atoms with Crippen molar-refractivity contribution >= 4 is 0 Å². The summed E-state index contributed by atoms with van der Waals surface area (Å²) in [4.78, 5) is 4.86. The lowest BCUT2D eigenvalue weighted by Gasteiger charge is -2.45. The van der Waals surface area contributed by atoms with Crippen LogP contribution in [0.15, 0.2) is 72.8 Å². The molecule has 196 valence electrons. The first-order valence-corrected chi connectivity index (χ1v) is 13.7. The fourth-order valence-corrected chi connectivity index (χ4v) is 6.07. The van der Waals surface area contributed by atoms with Gasteiger partial charge in [0.1, 0.15) is 24.0 Å². The van der Waals surface area contributed by atoms with E-state index >= 15 is 0 Å². The van der Waals surface area contributed by atoms with E-state index in [0.29, 0.717) is 13.2 Å². The Hall–Kier alpha value is -2.76. The molecule has 0 amide bonds. The number of halogens is 2. The fraction of sp³-hybridized carbons (Fsp3) is 0.438. The standard InChI is InChI=1S/C32H38F2N2O/c33-29-12-7-8-26(22-29)23-35-18-16-32(17-19-35)15-6-5-10-27-9-2-4-14-31(27)37-21-20-36(25-32)24-28-11-1-3-13-30(28)34/h1-4,7-9,11-14,22H,5-6,10,15-21,23-25H2. The van der Waals surface area contributed by atoms with Crippen molar-refractivity contribution in [3.63, 3.8) is 0 Å². The number of likely N-dealkylation sites (tertiary alicyclic amines) is 1. The monoisotopic (exact) mass is 504 g/mol. The van der Waals surface area contributed by atoms with Crippen molar-refractivity contribution < 1.29 is 13.5 Å². The van der Waals surface area contributed by atoms with E-state index in [1.54, 1.807) is 24.3 Å². The van der Waals surface area contributed by atoms with Crippen molar-refractivity contribution in [2.75, 3.05) is 32.8 Å². The van der Waals surface area contributed by atoms with Gasteiger partial charge in [-0.15, -0.1) is 0 Å². The molecule has 37 heavy (non-hydrogen) atoms. The Kier molecular flexibility index (Phi) is 8.52. The molecule has 2 aliphatic rings. The Balaban J connectivity index is 1.32. The number of aryl methyl sites for hydroxylation is 1. The average Bonchev–Trinajstić information content (AvgIpc) is 2.89. The Labute approximate surface area is 220 Å². The van der Waals surface area contributed by atoms with E-state index in [0.717, 1.165) is 75.3 Å². The maximum Gasteiger partial charge on any atom is 0.127 e. The van der Waals surface area contributed by atoms with Crippen LogP contribution in [0.25, 0.3) is 0 Å². The van der Waals surface area contributed by atoms with Gasteiger partial charge in [0.25, 0.3) is 0 Å². The highest BCUT2D eigenvalue weighted by Gasteiger charge is 2.36. The summed E-state index contributed by atoms with van der Waals surface area (Å²) in [5, 5.41) is 0. The van der Waals surface area contributed by atoms with Crippen LogP contribution in [0, 0.1) is 17.0 Å². The SMILES string of the molecule is Fc1cccc(CN2CCC3(CCCCc4ccccc4OCCN(Cc4ccccc4F)C3)CC2)c1. The molecule has 0 saturated carbocycles. The lowest BCUT2D eigenvalue weighted by molar-refractivity contribution is 0.0406. The average molecular weight is 505 g/mol. The van der Waals surface area contributed by atoms with Crippen LogP contribution in [0.5, 0.6) is 5.75 Å². The van der Waals surface area contributed by atoms with Crippen molar-refractivity contribution in [2.24, 2.45) is 5.41 Å². The molecule has 3 aromatic rings. The number of hydrogen-bond donors (Lipinski definition) is 0. The molecule has 2 aliphatic heterocycles. The van der Waals surface area contributed by atoms with Crippen LogP contribution in [-0.2, 0) is 19.5 Å². The van der Waals surface area contributed by atoms with E-state index in [1.165, 1.54) is 24.5 Å². The molecule has 1 spiro atoms. The van der Waals surface area contributed by atoms with Crippen LogP contribution < -0.4 is 4.74 Å². The molecule has 5 heteroatoms. The van der Waals surface area contributed by atoms with Crippen molar-refractivity contribution in [2.45, 2.75) is 51.6 Å². The molecule has 3 nitrogen and oxygen atoms in total. The summed E-state index contributed by atoms with van der Waals surface area (Å²) in [6.07, 6.45) is 6.74. The van der Waals surface area contributed by atoms with Gasteiger partial charge in [-0.25, -0.2) is 8.78 Å². The summed E-state index contributed by atoms with van der Waals surface area (Å²) in [5.74, 6) is 0.672. The minimum absolute atomic E-state index is 0.140. The highest BCUT2D eigenvalue weighted by atomic mass is 19.1. The van der Waals surface area contributed by atoms with Gasteiger partial charge in [-0.05, 0) is 86.0 Å². The summed E-state index contributed by atoms with van der Waals surface area (Å²) >= 11 is 0. The molecule has 0 radical (unpaired) electrons. The number of rotatable bonds is 4. The molecule has 0 N–H and O–H groups in total. The number of piperidine rings is 1. The first kappa shape index (κ1) is 25.9. The number of fused-ring (bicyclic) bond motifs is 1. The minimum atomic E-state index is -0.169. The normalized spacial score (nSPS) is 19.4. The summed E-state index contributed by atoms with van der Waals surface area (Å²) in [6.45, 7) is 5.68. The number of hydrogen-bond acceptors (Lipinski definition) is 3. The summed E-state index contributed by atoms with van der Waals surface area (Å²) in [5.41, 5.74) is 3.26. The Morgan fingerprint density at radius 3 is 2.41 bits per heavy atom. The molecule has 0 atom stereocenters. The topological polar surface area (TPSA) is 15.7 Å². The number of para-hydroxylation sites is 1. The van der Waals surface area contributed by atoms with Gasteiger partial charge in [0.15, 0.2) is 0 Å². The zero-order chi connectivity index (χ0) is 25.5. The first-order chi connectivity index (χ1) is 18.1. The third-order valence-electron chi connectivity index (χ3n) is 8.16. The predicted molar refractivity (Wildman–Crippen MR) is 145 cm³/mol. The molecule has 0 aromatic heterocycles. The van der Waals surface area contributed by atoms with Crippen LogP contribution in [0.4, 0.5) is 8.78 Å². The van der Waals surface area contributed by atoms with Gasteiger partial charge < -0.3 is 4.74 Å². The first-order valence-electron chi connectivity index (χ1n) is 13.7. The molecule has 1 fully saturated rings. The quantitative estimate of drug-likeness (QED) is 0.386. The van der Waals surface area contributed by atoms with Crippen molar-refractivity contribution in [3.8, 4) is 5.75 Å². The molecular formula is C32H38F2N2O. The molecule has 5 rings (SSSR count). The van der Waals surface area contributed by atoms with Gasteiger partial charge in [-0.3, -0.25) is 9.80 Å². The Bertz CT molecular complexity index is 1160. The zero-order valence-electron chi connectivity index (χ0n) is 21.7. The van der Waals surface area contributed by atoms with Crippen LogP contribution in [0.1, 0.15) is 48.8 Å². The highest BCUT2D eigenvalue weighted by Crippen LogP contribution is 2.39. The second-order valence-electron chi connectivity index (χ2n) is 10.9. The van der Waals surface area contributed by atoms with Crippen molar-refractivity contribution in [1.82, 2.24) is 9.80 Å². The largest absolute Gasteiger partial charge is 0.492 e. The Morgan fingerprint density at radius 2 is 1.57 bits per heavy atom. The van der Waals surface area contributed by atoms with E-state index < -0.39 is 0 Å². The third-order valence-corrected chi connectivity index (χ3v) is 8.16. The van der Waals surface area contributed by atoms with Gasteiger partial charge >= 0.3 is 0 Å². The number of benzene rings is 3. The van der Waals surface area contributed by atoms with E-state index in [4.69, 9.17) is 4.74 Å². The second kappa shape index (κ2) is 12.2. The van der Waals surface area contributed by atoms with Crippen LogP contribution in [0.3, 0.4) is 0 Å². The maximum atomic E-state index is 14.6. The third kappa shape index (κ3) is 6.97. The molecule has 2 heterocycles. The number of nitrogens with zero attached hydrogens (tertiary/aromatic N) is 2. The molecule has 3 aromatic carbocycles. The van der Waals surface area contributed by atoms with Crippen molar-refractivity contribution in [1.29, 1.82) is 0 Å². The van der Waals surface area contributed by atoms with E-state index in [1.807, 2.05) is 24.3 Å². The van der Waals surface area contributed by atoms with E-state index in [9.17, 15) is 8.78 Å². The molecular weight excluding hydrogens is 466 g/mol. The van der Waals surface area contributed by atoms with E-state index in [2.05, 4.69) is 28.0 Å². The van der Waals surface area contributed by atoms with Gasteiger partial charge in [0.2, 0.25) is 0 Å². The van der Waals surface area contributed by atoms with Crippen LogP contribution in [0.2, 0.25) is 0 Å². The summed E-state index contributed by atoms with van der Waals surface area (Å²) in [6, 6.07) is 22.5. The smallest absolute Gasteiger partial charge is 0.127 e. The zero-order valence-corrected chi connectivity index (χ0v) is 21.7. The molecule has 1 saturated heterocycles. The molecule has 0 bridgehead atoms. The van der Waals surface area contributed by atoms with Gasteiger partial charge in [-0.2, -0.15) is 0 Å². The van der Waals surface area contributed by atoms with Gasteiger partial charge in [0.05, 0.1) is 0 Å². The fourth-order valence-electron chi connectivity index (χ4n) is 6.07. The summed E-state index contributed by atoms with van der Waals surface area (Å²) in [7, 11) is 0. The van der Waals surface area contributed by atoms with Crippen LogP contribution in [-0.4, -0.2) is 42.6 Å². The van der Waals surface area contributed by atoms with E-state index in [-0.39, 0.29) is 17.0 Å². The summed E-state index contributed by atoms with van der Waals surface area (Å²) < 4.78 is 34.6. The van der Waals surface area contributed by atoms with Crippen molar-refractivity contribution in [3.05, 3.63) is 101 Å². The second-order valence-corrected chi connectivity index (χ2v) is 10.9. The lowest BCUT2D eigenvalue weighted by Crippen LogP contribution is -2.47. The van der Waals surface area contributed by atoms with Gasteiger partial charge in [0, 0.05) is 31.7 Å². The lowest BCUT2D eigenvalue weighted by atomic mass is 9.73. The Morgan fingerprint density at radius 1 is 0.757 bits per heavy atom. The molecule has 0 unspecified atom stereocenters. The maximum absolute atomic E-state index is 14.6. The van der Waals surface area contributed by atoms with Gasteiger partial charge in [-0.1, -0.05) is 55.0 Å². The molecule has 0 aliphatic carbocycles. The minimum Gasteiger partial charge on any atom is -0.492 e. The highest BCUT2D eigenvalue weighted by molar-refractivity contribution is 5.33. The number of ether oxygens (including phenoxy) is 1.